The Balaban J connectivity index is 1.53. The predicted molar refractivity (Wildman–Crippen MR) is 111 cm³/mol. The molecule has 1 fully saturated rings. The molecule has 4 heterocycles. The lowest BCUT2D eigenvalue weighted by molar-refractivity contribution is -0.137. The number of carbonyl (C=O) groups is 1. The Bertz CT molecular complexity index is 1140. The molecule has 2 aliphatic heterocycles. The molecule has 1 N–H and O–H groups in total. The highest BCUT2D eigenvalue weighted by molar-refractivity contribution is 6.05. The number of nitrogens with one attached hydrogen (secondary N) is 1. The van der Waals surface area contributed by atoms with Crippen molar-refractivity contribution in [2.75, 3.05) is 21.7 Å². The van der Waals surface area contributed by atoms with Crippen molar-refractivity contribution in [3.63, 3.8) is 0 Å². The van der Waals surface area contributed by atoms with Gasteiger partial charge in [-0.3, -0.25) is 10.2 Å². The molecule has 31 heavy (non-hydrogen) atoms. The fourth-order valence-corrected chi connectivity index (χ4v) is 4.14. The summed E-state index contributed by atoms with van der Waals surface area (Å²) in [4.78, 5) is 25.5. The lowest BCUT2D eigenvalue weighted by Gasteiger charge is -2.25. The van der Waals surface area contributed by atoms with Crippen LogP contribution in [0.25, 0.3) is 11.3 Å². The molecule has 2 aliphatic rings. The standard InChI is InChI=1S/C22H18F3N5O/c23-22(24,25)15-6-3-5-14(13-15)16-9-10-17-20(27-16)30(19-8-4-12-29(17)19)21(31)28-18-7-1-2-11-26-18/h1-3,5-7,9-11,13,19H,4,8,12H2,(H,26,28,31)/t19-/m1/s1. The Labute approximate surface area is 176 Å². The Morgan fingerprint density at radius 1 is 1.10 bits per heavy atom. The van der Waals surface area contributed by atoms with E-state index >= 15 is 0 Å². The molecule has 6 nitrogen and oxygen atoms in total. The minimum absolute atomic E-state index is 0.178. The average molecular weight is 425 g/mol. The van der Waals surface area contributed by atoms with E-state index in [-0.39, 0.29) is 12.2 Å². The summed E-state index contributed by atoms with van der Waals surface area (Å²) < 4.78 is 39.4. The number of fused-ring (bicyclic) bond motifs is 3. The predicted octanol–water partition coefficient (Wildman–Crippen LogP) is 5.14. The maximum absolute atomic E-state index is 13.1. The Morgan fingerprint density at radius 2 is 1.97 bits per heavy atom. The first-order valence-corrected chi connectivity index (χ1v) is 9.88. The van der Waals surface area contributed by atoms with Crippen LogP contribution in [-0.2, 0) is 6.18 Å². The fraction of sp³-hybridized carbons (Fsp3) is 0.227. The summed E-state index contributed by atoms with van der Waals surface area (Å²) >= 11 is 0. The zero-order valence-corrected chi connectivity index (χ0v) is 16.3. The highest BCUT2D eigenvalue weighted by Crippen LogP contribution is 2.44. The number of rotatable bonds is 2. The molecule has 3 aromatic rings. The van der Waals surface area contributed by atoms with Crippen LogP contribution >= 0.6 is 0 Å². The normalized spacial score (nSPS) is 17.5. The fourth-order valence-electron chi connectivity index (χ4n) is 4.14. The molecule has 0 unspecified atom stereocenters. The van der Waals surface area contributed by atoms with Gasteiger partial charge in [-0.1, -0.05) is 18.2 Å². The number of halogens is 3. The van der Waals surface area contributed by atoms with Crippen molar-refractivity contribution in [3.05, 3.63) is 66.4 Å². The van der Waals surface area contributed by atoms with E-state index in [4.69, 9.17) is 0 Å². The summed E-state index contributed by atoms with van der Waals surface area (Å²) in [5.41, 5.74) is 0.781. The minimum atomic E-state index is -4.44. The van der Waals surface area contributed by atoms with Gasteiger partial charge in [0.25, 0.3) is 0 Å². The van der Waals surface area contributed by atoms with Gasteiger partial charge in [-0.25, -0.2) is 14.8 Å². The molecular weight excluding hydrogens is 407 g/mol. The van der Waals surface area contributed by atoms with E-state index in [0.717, 1.165) is 37.2 Å². The van der Waals surface area contributed by atoms with Gasteiger partial charge in [0, 0.05) is 18.3 Å². The van der Waals surface area contributed by atoms with Crippen LogP contribution < -0.4 is 15.1 Å². The summed E-state index contributed by atoms with van der Waals surface area (Å²) in [6, 6.07) is 13.4. The van der Waals surface area contributed by atoms with E-state index in [0.29, 0.717) is 22.9 Å². The number of amides is 2. The second-order valence-corrected chi connectivity index (χ2v) is 7.45. The van der Waals surface area contributed by atoms with Gasteiger partial charge in [0.1, 0.15) is 12.0 Å². The van der Waals surface area contributed by atoms with Crippen LogP contribution in [0.1, 0.15) is 18.4 Å². The van der Waals surface area contributed by atoms with Crippen LogP contribution in [0.2, 0.25) is 0 Å². The third-order valence-electron chi connectivity index (χ3n) is 5.52. The lowest BCUT2D eigenvalue weighted by Crippen LogP contribution is -2.45. The topological polar surface area (TPSA) is 61.4 Å². The van der Waals surface area contributed by atoms with Gasteiger partial charge in [-0.05, 0) is 49.2 Å². The van der Waals surface area contributed by atoms with Crippen LogP contribution in [0, 0.1) is 0 Å². The van der Waals surface area contributed by atoms with Crippen molar-refractivity contribution >= 4 is 23.4 Å². The number of nitrogens with zero attached hydrogens (tertiary/aromatic N) is 4. The molecule has 2 aromatic heterocycles. The highest BCUT2D eigenvalue weighted by atomic mass is 19.4. The van der Waals surface area contributed by atoms with E-state index in [1.165, 1.54) is 6.07 Å². The maximum Gasteiger partial charge on any atom is 0.416 e. The van der Waals surface area contributed by atoms with Gasteiger partial charge in [-0.2, -0.15) is 13.2 Å². The minimum Gasteiger partial charge on any atom is -0.348 e. The van der Waals surface area contributed by atoms with Crippen molar-refractivity contribution in [1.82, 2.24) is 9.97 Å². The average Bonchev–Trinajstić information content (AvgIpc) is 3.34. The van der Waals surface area contributed by atoms with Crippen molar-refractivity contribution in [2.24, 2.45) is 0 Å². The number of anilines is 3. The van der Waals surface area contributed by atoms with Gasteiger partial charge in [0.15, 0.2) is 5.82 Å². The molecule has 0 aliphatic carbocycles. The van der Waals surface area contributed by atoms with Crippen LogP contribution in [0.4, 0.5) is 35.3 Å². The number of urea groups is 1. The third kappa shape index (κ3) is 3.45. The third-order valence-corrected chi connectivity index (χ3v) is 5.52. The van der Waals surface area contributed by atoms with Crippen molar-refractivity contribution < 1.29 is 18.0 Å². The molecule has 158 valence electrons. The molecule has 5 rings (SSSR count). The van der Waals surface area contributed by atoms with Crippen molar-refractivity contribution in [1.29, 1.82) is 0 Å². The molecule has 0 bridgehead atoms. The summed E-state index contributed by atoms with van der Waals surface area (Å²) in [7, 11) is 0. The van der Waals surface area contributed by atoms with Gasteiger partial charge in [0.05, 0.1) is 16.9 Å². The lowest BCUT2D eigenvalue weighted by atomic mass is 10.1. The molecule has 0 radical (unpaired) electrons. The van der Waals surface area contributed by atoms with E-state index < -0.39 is 11.7 Å². The Kier molecular flexibility index (Phi) is 4.53. The zero-order chi connectivity index (χ0) is 21.6. The number of alkyl halides is 3. The smallest absolute Gasteiger partial charge is 0.348 e. The van der Waals surface area contributed by atoms with Gasteiger partial charge >= 0.3 is 12.2 Å². The zero-order valence-electron chi connectivity index (χ0n) is 16.3. The SMILES string of the molecule is O=C(Nc1ccccn1)N1c2nc(-c3cccc(C(F)(F)F)c3)ccc2N2CCC[C@H]21. The molecule has 1 aromatic carbocycles. The van der Waals surface area contributed by atoms with Gasteiger partial charge in [-0.15, -0.1) is 0 Å². The molecule has 1 saturated heterocycles. The molecular formula is C22H18F3N5O. The number of carbonyl (C=O) groups excluding carboxylic acids is 1. The van der Waals surface area contributed by atoms with Gasteiger partial charge < -0.3 is 4.90 Å². The number of aromatic nitrogens is 2. The van der Waals surface area contributed by atoms with E-state index in [9.17, 15) is 18.0 Å². The monoisotopic (exact) mass is 425 g/mol. The molecule has 1 atom stereocenters. The van der Waals surface area contributed by atoms with Crippen LogP contribution in [0.3, 0.4) is 0 Å². The summed E-state index contributed by atoms with van der Waals surface area (Å²) in [6.07, 6.45) is -1.32. The summed E-state index contributed by atoms with van der Waals surface area (Å²) in [6.45, 7) is 0.787. The Morgan fingerprint density at radius 3 is 2.74 bits per heavy atom. The number of pyridine rings is 2. The summed E-state index contributed by atoms with van der Waals surface area (Å²) in [5, 5.41) is 2.79. The second-order valence-electron chi connectivity index (χ2n) is 7.45. The van der Waals surface area contributed by atoms with Crippen LogP contribution in [-0.4, -0.2) is 28.7 Å². The largest absolute Gasteiger partial charge is 0.416 e. The van der Waals surface area contributed by atoms with Crippen molar-refractivity contribution in [2.45, 2.75) is 25.2 Å². The van der Waals surface area contributed by atoms with E-state index in [2.05, 4.69) is 20.2 Å². The molecule has 0 saturated carbocycles. The number of hydrogen-bond donors (Lipinski definition) is 1. The molecule has 9 heteroatoms. The first kappa shape index (κ1) is 19.3. The van der Waals surface area contributed by atoms with E-state index in [1.54, 1.807) is 41.4 Å². The quantitative estimate of drug-likeness (QED) is 0.618. The summed E-state index contributed by atoms with van der Waals surface area (Å²) in [5.74, 6) is 0.854. The first-order valence-electron chi connectivity index (χ1n) is 9.88. The highest BCUT2D eigenvalue weighted by Gasteiger charge is 2.43. The van der Waals surface area contributed by atoms with Crippen LogP contribution in [0.5, 0.6) is 0 Å². The van der Waals surface area contributed by atoms with E-state index in [1.807, 2.05) is 6.07 Å². The van der Waals surface area contributed by atoms with Gasteiger partial charge in [0.2, 0.25) is 0 Å². The number of hydrogen-bond acceptors (Lipinski definition) is 4. The first-order chi connectivity index (χ1) is 14.9. The second kappa shape index (κ2) is 7.26. The van der Waals surface area contributed by atoms with Crippen molar-refractivity contribution in [3.8, 4) is 11.3 Å². The maximum atomic E-state index is 13.1. The molecule has 0 spiro atoms. The van der Waals surface area contributed by atoms with Crippen LogP contribution in [0.15, 0.2) is 60.8 Å². The number of benzene rings is 1. The molecule has 2 amide bonds. The Hall–Kier alpha value is -3.62.